The molecule has 2 unspecified atom stereocenters. The molecule has 0 saturated carbocycles. The summed E-state index contributed by atoms with van der Waals surface area (Å²) in [7, 11) is 0. The van der Waals surface area contributed by atoms with Gasteiger partial charge in [0, 0.05) is 12.5 Å². The molecule has 0 aliphatic carbocycles. The lowest BCUT2D eigenvalue weighted by Gasteiger charge is -2.18. The van der Waals surface area contributed by atoms with Crippen molar-refractivity contribution in [2.75, 3.05) is 5.32 Å². The number of hydrogen-bond acceptors (Lipinski definition) is 5. The van der Waals surface area contributed by atoms with E-state index in [4.69, 9.17) is 5.73 Å². The van der Waals surface area contributed by atoms with Crippen LogP contribution in [0.2, 0.25) is 0 Å². The fraction of sp³-hybridized carbons (Fsp3) is 0.438. The van der Waals surface area contributed by atoms with Gasteiger partial charge in [0.15, 0.2) is 0 Å². The maximum Gasteiger partial charge on any atom is 0.230 e. The van der Waals surface area contributed by atoms with Gasteiger partial charge in [0.1, 0.15) is 5.01 Å². The summed E-state index contributed by atoms with van der Waals surface area (Å²) in [5.41, 5.74) is 7.12. The van der Waals surface area contributed by atoms with Crippen molar-refractivity contribution in [3.05, 3.63) is 40.9 Å². The first-order valence-corrected chi connectivity index (χ1v) is 8.37. The average Bonchev–Trinajstić information content (AvgIpc) is 2.99. The van der Waals surface area contributed by atoms with Gasteiger partial charge in [-0.3, -0.25) is 4.79 Å². The molecule has 0 aliphatic heterocycles. The molecule has 2 atom stereocenters. The van der Waals surface area contributed by atoms with Crippen molar-refractivity contribution in [2.24, 2.45) is 11.7 Å². The van der Waals surface area contributed by atoms with Gasteiger partial charge in [-0.1, -0.05) is 61.9 Å². The van der Waals surface area contributed by atoms with Crippen LogP contribution >= 0.6 is 11.3 Å². The second kappa shape index (κ2) is 8.00. The first-order chi connectivity index (χ1) is 10.6. The highest BCUT2D eigenvalue weighted by molar-refractivity contribution is 7.15. The average molecular weight is 318 g/mol. The molecule has 22 heavy (non-hydrogen) atoms. The topological polar surface area (TPSA) is 80.9 Å². The Morgan fingerprint density at radius 2 is 2.05 bits per heavy atom. The third-order valence-electron chi connectivity index (χ3n) is 3.58. The zero-order chi connectivity index (χ0) is 15.9. The number of aryl methyl sites for hydroxylation is 1. The van der Waals surface area contributed by atoms with Crippen LogP contribution in [-0.2, 0) is 11.2 Å². The van der Waals surface area contributed by atoms with Gasteiger partial charge in [-0.2, -0.15) is 0 Å². The highest BCUT2D eigenvalue weighted by Crippen LogP contribution is 2.22. The van der Waals surface area contributed by atoms with Crippen molar-refractivity contribution in [1.82, 2.24) is 10.2 Å². The second-order valence-electron chi connectivity index (χ2n) is 5.32. The predicted octanol–water partition coefficient (Wildman–Crippen LogP) is 3.16. The number of benzene rings is 1. The molecule has 0 spiro atoms. The van der Waals surface area contributed by atoms with E-state index in [-0.39, 0.29) is 17.9 Å². The Hall–Kier alpha value is -1.79. The lowest BCUT2D eigenvalue weighted by molar-refractivity contribution is -0.120. The molecule has 0 saturated heterocycles. The second-order valence-corrected chi connectivity index (χ2v) is 6.38. The number of hydrogen-bond donors (Lipinski definition) is 2. The van der Waals surface area contributed by atoms with Gasteiger partial charge in [0.05, 0.1) is 5.92 Å². The highest BCUT2D eigenvalue weighted by atomic mass is 32.1. The smallest absolute Gasteiger partial charge is 0.230 e. The summed E-state index contributed by atoms with van der Waals surface area (Å²) in [6, 6.07) is 9.30. The van der Waals surface area contributed by atoms with E-state index >= 15 is 0 Å². The Balaban J connectivity index is 1.95. The molecule has 5 nitrogen and oxygen atoms in total. The molecule has 1 heterocycles. The molecular weight excluding hydrogens is 296 g/mol. The lowest BCUT2D eigenvalue weighted by Crippen LogP contribution is -2.30. The summed E-state index contributed by atoms with van der Waals surface area (Å²) in [4.78, 5) is 12.3. The van der Waals surface area contributed by atoms with Crippen LogP contribution in [0, 0.1) is 5.92 Å². The van der Waals surface area contributed by atoms with Gasteiger partial charge in [-0.05, 0) is 12.0 Å². The highest BCUT2D eigenvalue weighted by Gasteiger charge is 2.23. The molecule has 0 fully saturated rings. The van der Waals surface area contributed by atoms with Gasteiger partial charge in [-0.15, -0.1) is 10.2 Å². The van der Waals surface area contributed by atoms with Gasteiger partial charge in [0.25, 0.3) is 0 Å². The normalized spacial score (nSPS) is 13.6. The number of carbonyl (C=O) groups excluding carboxylic acids is 1. The molecule has 118 valence electrons. The number of nitrogens with one attached hydrogen (secondary N) is 1. The maximum absolute atomic E-state index is 12.3. The Morgan fingerprint density at radius 1 is 1.32 bits per heavy atom. The molecule has 1 amide bonds. The van der Waals surface area contributed by atoms with Crippen LogP contribution in [0.5, 0.6) is 0 Å². The molecular formula is C16H22N4OS. The summed E-state index contributed by atoms with van der Waals surface area (Å²) < 4.78 is 0. The van der Waals surface area contributed by atoms with Gasteiger partial charge in [0.2, 0.25) is 11.0 Å². The summed E-state index contributed by atoms with van der Waals surface area (Å²) in [6.07, 6.45) is 3.10. The zero-order valence-electron chi connectivity index (χ0n) is 13.0. The number of amides is 1. The number of nitrogens with two attached hydrogens (primary N) is 1. The van der Waals surface area contributed by atoms with Crippen molar-refractivity contribution in [3.8, 4) is 0 Å². The number of aromatic nitrogens is 2. The van der Waals surface area contributed by atoms with Crippen molar-refractivity contribution in [3.63, 3.8) is 0 Å². The maximum atomic E-state index is 12.3. The van der Waals surface area contributed by atoms with E-state index in [1.807, 2.05) is 37.3 Å². The van der Waals surface area contributed by atoms with Crippen molar-refractivity contribution in [1.29, 1.82) is 0 Å². The largest absolute Gasteiger partial charge is 0.323 e. The van der Waals surface area contributed by atoms with Crippen LogP contribution in [-0.4, -0.2) is 16.1 Å². The predicted molar refractivity (Wildman–Crippen MR) is 89.7 cm³/mol. The Bertz CT molecular complexity index is 599. The SMILES string of the molecule is CCCCc1nnc(NC(=O)C(C)C(N)c2ccccc2)s1. The third-order valence-corrected chi connectivity index (χ3v) is 4.48. The van der Waals surface area contributed by atoms with Crippen molar-refractivity contribution < 1.29 is 4.79 Å². The quantitative estimate of drug-likeness (QED) is 0.821. The van der Waals surface area contributed by atoms with E-state index in [0.717, 1.165) is 29.8 Å². The number of nitrogens with zero attached hydrogens (tertiary/aromatic N) is 2. The summed E-state index contributed by atoms with van der Waals surface area (Å²) in [6.45, 7) is 3.96. The third kappa shape index (κ3) is 4.35. The van der Waals surface area contributed by atoms with E-state index in [0.29, 0.717) is 5.13 Å². The van der Waals surface area contributed by atoms with E-state index in [1.54, 1.807) is 0 Å². The molecule has 1 aromatic carbocycles. The van der Waals surface area contributed by atoms with Crippen LogP contribution in [0.4, 0.5) is 5.13 Å². The zero-order valence-corrected chi connectivity index (χ0v) is 13.8. The van der Waals surface area contributed by atoms with Crippen LogP contribution in [0.1, 0.15) is 43.3 Å². The van der Waals surface area contributed by atoms with Crippen LogP contribution in [0.25, 0.3) is 0 Å². The molecule has 2 rings (SSSR count). The fourth-order valence-corrected chi connectivity index (χ4v) is 2.86. The molecule has 1 aromatic heterocycles. The van der Waals surface area contributed by atoms with Gasteiger partial charge >= 0.3 is 0 Å². The van der Waals surface area contributed by atoms with Crippen molar-refractivity contribution in [2.45, 2.75) is 39.2 Å². The molecule has 0 aliphatic rings. The Kier molecular flexibility index (Phi) is 6.03. The monoisotopic (exact) mass is 318 g/mol. The summed E-state index contributed by atoms with van der Waals surface area (Å²) >= 11 is 1.43. The minimum atomic E-state index is -0.342. The molecule has 0 radical (unpaired) electrons. The van der Waals surface area contributed by atoms with E-state index < -0.39 is 0 Å². The van der Waals surface area contributed by atoms with E-state index in [9.17, 15) is 4.79 Å². The lowest BCUT2D eigenvalue weighted by atomic mass is 9.95. The summed E-state index contributed by atoms with van der Waals surface area (Å²) in [5, 5.41) is 12.4. The first-order valence-electron chi connectivity index (χ1n) is 7.55. The number of rotatable bonds is 7. The van der Waals surface area contributed by atoms with Crippen LogP contribution in [0.15, 0.2) is 30.3 Å². The van der Waals surface area contributed by atoms with E-state index in [1.165, 1.54) is 11.3 Å². The summed E-state index contributed by atoms with van der Waals surface area (Å²) in [5.74, 6) is -0.472. The Morgan fingerprint density at radius 3 is 2.73 bits per heavy atom. The van der Waals surface area contributed by atoms with E-state index in [2.05, 4.69) is 22.4 Å². The minimum Gasteiger partial charge on any atom is -0.323 e. The van der Waals surface area contributed by atoms with Gasteiger partial charge < -0.3 is 11.1 Å². The number of unbranched alkanes of at least 4 members (excludes halogenated alkanes) is 1. The van der Waals surface area contributed by atoms with Crippen molar-refractivity contribution >= 4 is 22.4 Å². The number of anilines is 1. The first kappa shape index (κ1) is 16.6. The Labute approximate surface area is 135 Å². The standard InChI is InChI=1S/C16H22N4OS/c1-3-4-10-13-19-20-16(22-13)18-15(21)11(2)14(17)12-8-6-5-7-9-12/h5-9,11,14H,3-4,10,17H2,1-2H3,(H,18,20,21). The molecule has 2 aromatic rings. The van der Waals surface area contributed by atoms with Gasteiger partial charge in [-0.25, -0.2) is 0 Å². The van der Waals surface area contributed by atoms with Crippen LogP contribution in [0.3, 0.4) is 0 Å². The molecule has 3 N–H and O–H groups in total. The molecule has 0 bridgehead atoms. The fourth-order valence-electron chi connectivity index (χ4n) is 2.08. The van der Waals surface area contributed by atoms with Crippen LogP contribution < -0.4 is 11.1 Å². The molecule has 6 heteroatoms. The minimum absolute atomic E-state index is 0.130. The number of carbonyl (C=O) groups is 1.